The van der Waals surface area contributed by atoms with E-state index in [1.807, 2.05) is 31.2 Å². The Labute approximate surface area is 119 Å². The summed E-state index contributed by atoms with van der Waals surface area (Å²) in [4.78, 5) is 11.1. The van der Waals surface area contributed by atoms with Crippen LogP contribution in [-0.2, 0) is 4.79 Å². The van der Waals surface area contributed by atoms with Gasteiger partial charge in [0.1, 0.15) is 18.5 Å². The number of nitrogens with one attached hydrogen (secondary N) is 2. The number of amides is 1. The van der Waals surface area contributed by atoms with Gasteiger partial charge in [0.2, 0.25) is 5.91 Å². The van der Waals surface area contributed by atoms with Gasteiger partial charge in [0.25, 0.3) is 0 Å². The van der Waals surface area contributed by atoms with Gasteiger partial charge in [-0.2, -0.15) is 0 Å². The SMILES string of the molecule is CNCC(=O)NCC(O)COc1cccc(C)c1.Cl. The van der Waals surface area contributed by atoms with Crippen molar-refractivity contribution in [2.24, 2.45) is 0 Å². The molecule has 0 aliphatic rings. The van der Waals surface area contributed by atoms with E-state index in [1.165, 1.54) is 0 Å². The molecule has 0 spiro atoms. The van der Waals surface area contributed by atoms with E-state index in [0.29, 0.717) is 0 Å². The molecule has 5 nitrogen and oxygen atoms in total. The van der Waals surface area contributed by atoms with Gasteiger partial charge in [-0.3, -0.25) is 4.79 Å². The maximum Gasteiger partial charge on any atom is 0.234 e. The molecule has 1 aromatic carbocycles. The number of ether oxygens (including phenoxy) is 1. The molecule has 1 atom stereocenters. The molecule has 0 aromatic heterocycles. The van der Waals surface area contributed by atoms with Crippen LogP contribution in [0.4, 0.5) is 0 Å². The van der Waals surface area contributed by atoms with Crippen molar-refractivity contribution in [3.8, 4) is 5.75 Å². The Morgan fingerprint density at radius 3 is 2.84 bits per heavy atom. The lowest BCUT2D eigenvalue weighted by Gasteiger charge is -2.13. The molecular formula is C13H21ClN2O3. The zero-order valence-corrected chi connectivity index (χ0v) is 12.0. The van der Waals surface area contributed by atoms with Gasteiger partial charge in [-0.25, -0.2) is 0 Å². The van der Waals surface area contributed by atoms with Crippen LogP contribution in [0.3, 0.4) is 0 Å². The second-order valence-electron chi connectivity index (χ2n) is 4.12. The number of benzene rings is 1. The van der Waals surface area contributed by atoms with Crippen LogP contribution in [0.2, 0.25) is 0 Å². The van der Waals surface area contributed by atoms with Gasteiger partial charge in [0.05, 0.1) is 6.54 Å². The summed E-state index contributed by atoms with van der Waals surface area (Å²) in [7, 11) is 1.69. The number of hydrogen-bond donors (Lipinski definition) is 3. The molecule has 19 heavy (non-hydrogen) atoms. The van der Waals surface area contributed by atoms with Crippen molar-refractivity contribution in [1.82, 2.24) is 10.6 Å². The summed E-state index contributed by atoms with van der Waals surface area (Å²) in [5.41, 5.74) is 1.10. The molecular weight excluding hydrogens is 268 g/mol. The molecule has 0 bridgehead atoms. The van der Waals surface area contributed by atoms with Gasteiger partial charge in [-0.15, -0.1) is 12.4 Å². The van der Waals surface area contributed by atoms with E-state index in [4.69, 9.17) is 4.74 Å². The Morgan fingerprint density at radius 2 is 2.21 bits per heavy atom. The molecule has 6 heteroatoms. The van der Waals surface area contributed by atoms with E-state index in [9.17, 15) is 9.90 Å². The number of carbonyl (C=O) groups excluding carboxylic acids is 1. The third kappa shape index (κ3) is 7.66. The monoisotopic (exact) mass is 288 g/mol. The number of aliphatic hydroxyl groups is 1. The highest BCUT2D eigenvalue weighted by atomic mass is 35.5. The number of carbonyl (C=O) groups is 1. The Bertz CT molecular complexity index is 388. The van der Waals surface area contributed by atoms with E-state index >= 15 is 0 Å². The second-order valence-corrected chi connectivity index (χ2v) is 4.12. The van der Waals surface area contributed by atoms with Crippen LogP contribution in [0.1, 0.15) is 5.56 Å². The Hall–Kier alpha value is -1.30. The van der Waals surface area contributed by atoms with Gasteiger partial charge >= 0.3 is 0 Å². The number of rotatable bonds is 7. The molecule has 0 aliphatic carbocycles. The molecule has 1 rings (SSSR count). The molecule has 3 N–H and O–H groups in total. The molecule has 0 heterocycles. The van der Waals surface area contributed by atoms with Crippen LogP contribution in [-0.4, -0.2) is 43.9 Å². The maximum atomic E-state index is 11.1. The predicted octanol–water partition coefficient (Wildman–Crippen LogP) is 0.492. The number of aryl methyl sites for hydroxylation is 1. The summed E-state index contributed by atoms with van der Waals surface area (Å²) in [6.07, 6.45) is -0.716. The van der Waals surface area contributed by atoms with Crippen molar-refractivity contribution in [1.29, 1.82) is 0 Å². The summed E-state index contributed by atoms with van der Waals surface area (Å²) in [5.74, 6) is 0.572. The van der Waals surface area contributed by atoms with Gasteiger partial charge < -0.3 is 20.5 Å². The first-order valence-electron chi connectivity index (χ1n) is 5.90. The van der Waals surface area contributed by atoms with Crippen LogP contribution in [0.25, 0.3) is 0 Å². The fraction of sp³-hybridized carbons (Fsp3) is 0.462. The summed E-state index contributed by atoms with van der Waals surface area (Å²) < 4.78 is 5.42. The first-order valence-corrected chi connectivity index (χ1v) is 5.90. The molecule has 0 aliphatic heterocycles. The molecule has 1 amide bonds. The third-order valence-electron chi connectivity index (χ3n) is 2.30. The third-order valence-corrected chi connectivity index (χ3v) is 2.30. The van der Waals surface area contributed by atoms with Gasteiger partial charge in [-0.05, 0) is 31.7 Å². The van der Waals surface area contributed by atoms with Crippen LogP contribution in [0.5, 0.6) is 5.75 Å². The second kappa shape index (κ2) is 9.61. The molecule has 1 unspecified atom stereocenters. The van der Waals surface area contributed by atoms with E-state index < -0.39 is 6.10 Å². The van der Waals surface area contributed by atoms with Crippen molar-refractivity contribution >= 4 is 18.3 Å². The molecule has 0 saturated heterocycles. The van der Waals surface area contributed by atoms with Gasteiger partial charge in [-0.1, -0.05) is 12.1 Å². The van der Waals surface area contributed by atoms with Crippen molar-refractivity contribution in [3.05, 3.63) is 29.8 Å². The quantitative estimate of drug-likeness (QED) is 0.683. The number of halogens is 1. The summed E-state index contributed by atoms with van der Waals surface area (Å²) in [6, 6.07) is 7.60. The zero-order chi connectivity index (χ0) is 13.4. The molecule has 0 saturated carbocycles. The fourth-order valence-electron chi connectivity index (χ4n) is 1.41. The highest BCUT2D eigenvalue weighted by Gasteiger charge is 2.07. The number of hydrogen-bond acceptors (Lipinski definition) is 4. The number of aliphatic hydroxyl groups excluding tert-OH is 1. The Kier molecular flexibility index (Phi) is 8.95. The van der Waals surface area contributed by atoms with Crippen molar-refractivity contribution < 1.29 is 14.6 Å². The Balaban J connectivity index is 0.00000324. The molecule has 0 fully saturated rings. The highest BCUT2D eigenvalue weighted by Crippen LogP contribution is 2.12. The number of likely N-dealkylation sites (N-methyl/N-ethyl adjacent to an activating group) is 1. The first-order chi connectivity index (χ1) is 8.61. The lowest BCUT2D eigenvalue weighted by Crippen LogP contribution is -2.39. The van der Waals surface area contributed by atoms with Crippen molar-refractivity contribution in [3.63, 3.8) is 0 Å². The minimum absolute atomic E-state index is 0. The van der Waals surface area contributed by atoms with Gasteiger partial charge in [0.15, 0.2) is 0 Å². The topological polar surface area (TPSA) is 70.6 Å². The molecule has 0 radical (unpaired) electrons. The van der Waals surface area contributed by atoms with Crippen LogP contribution < -0.4 is 15.4 Å². The van der Waals surface area contributed by atoms with Crippen molar-refractivity contribution in [2.75, 3.05) is 26.7 Å². The average molecular weight is 289 g/mol. The highest BCUT2D eigenvalue weighted by molar-refractivity contribution is 5.85. The lowest BCUT2D eigenvalue weighted by atomic mass is 10.2. The fourth-order valence-corrected chi connectivity index (χ4v) is 1.41. The minimum Gasteiger partial charge on any atom is -0.491 e. The van der Waals surface area contributed by atoms with E-state index in [0.717, 1.165) is 11.3 Å². The van der Waals surface area contributed by atoms with Crippen LogP contribution in [0, 0.1) is 6.92 Å². The zero-order valence-electron chi connectivity index (χ0n) is 11.2. The Morgan fingerprint density at radius 1 is 1.47 bits per heavy atom. The summed E-state index contributed by atoms with van der Waals surface area (Å²) in [6.45, 7) is 2.56. The minimum atomic E-state index is -0.716. The summed E-state index contributed by atoms with van der Waals surface area (Å²) >= 11 is 0. The largest absolute Gasteiger partial charge is 0.491 e. The summed E-state index contributed by atoms with van der Waals surface area (Å²) in [5, 5.41) is 15.0. The van der Waals surface area contributed by atoms with E-state index in [2.05, 4.69) is 10.6 Å². The standard InChI is InChI=1S/C13H20N2O3.ClH/c1-10-4-3-5-12(6-10)18-9-11(16)7-15-13(17)8-14-2;/h3-6,11,14,16H,7-9H2,1-2H3,(H,15,17);1H. The smallest absolute Gasteiger partial charge is 0.234 e. The predicted molar refractivity (Wildman–Crippen MR) is 76.9 cm³/mol. The van der Waals surface area contributed by atoms with Crippen LogP contribution in [0.15, 0.2) is 24.3 Å². The average Bonchev–Trinajstić information content (AvgIpc) is 2.34. The van der Waals surface area contributed by atoms with Crippen molar-refractivity contribution in [2.45, 2.75) is 13.0 Å². The van der Waals surface area contributed by atoms with E-state index in [-0.39, 0.29) is 38.0 Å². The van der Waals surface area contributed by atoms with Gasteiger partial charge in [0, 0.05) is 6.54 Å². The lowest BCUT2D eigenvalue weighted by molar-refractivity contribution is -0.120. The van der Waals surface area contributed by atoms with E-state index in [1.54, 1.807) is 7.05 Å². The normalized spacial score (nSPS) is 11.3. The van der Waals surface area contributed by atoms with Crippen LogP contribution >= 0.6 is 12.4 Å². The molecule has 108 valence electrons. The molecule has 1 aromatic rings. The maximum absolute atomic E-state index is 11.1. The first kappa shape index (κ1) is 17.7.